The minimum atomic E-state index is -0.183. The van der Waals surface area contributed by atoms with Gasteiger partial charge in [-0.3, -0.25) is 0 Å². The van der Waals surface area contributed by atoms with Gasteiger partial charge in [0.2, 0.25) is 0 Å². The second-order valence-electron chi connectivity index (χ2n) is 16.5. The van der Waals surface area contributed by atoms with Gasteiger partial charge in [0.1, 0.15) is 0 Å². The van der Waals surface area contributed by atoms with Crippen molar-refractivity contribution in [3.63, 3.8) is 0 Å². The van der Waals surface area contributed by atoms with Crippen molar-refractivity contribution in [3.8, 4) is 39.1 Å². The topological polar surface area (TPSA) is 8.17 Å². The molecule has 0 saturated heterocycles. The second kappa shape index (κ2) is 11.9. The third kappa shape index (κ3) is 4.50. The molecule has 0 spiro atoms. The molecule has 0 N–H and O–H groups in total. The average Bonchev–Trinajstić information content (AvgIpc) is 3.79. The number of benzene rings is 8. The number of hydrogen-bond donors (Lipinski definition) is 0. The molecule has 0 aliphatic heterocycles. The number of nitrogens with zero attached hydrogens (tertiary/aromatic N) is 2. The maximum atomic E-state index is 2.56. The summed E-state index contributed by atoms with van der Waals surface area (Å²) in [6, 6.07) is 67.4. The van der Waals surface area contributed by atoms with Crippen molar-refractivity contribution in [2.75, 3.05) is 4.90 Å². The molecule has 1 aromatic heterocycles. The van der Waals surface area contributed by atoms with Crippen LogP contribution < -0.4 is 4.90 Å². The highest BCUT2D eigenvalue weighted by Crippen LogP contribution is 2.58. The quantitative estimate of drug-likeness (QED) is 0.172. The Morgan fingerprint density at radius 3 is 1.50 bits per heavy atom. The van der Waals surface area contributed by atoms with Crippen molar-refractivity contribution in [1.82, 2.24) is 4.57 Å². The van der Waals surface area contributed by atoms with Crippen LogP contribution in [-0.2, 0) is 10.8 Å². The maximum Gasteiger partial charge on any atom is 0.0619 e. The Hall–Kier alpha value is -6.64. The minimum Gasteiger partial charge on any atom is -0.310 e. The number of para-hydroxylation sites is 3. The minimum absolute atomic E-state index is 0.183. The van der Waals surface area contributed by atoms with Crippen LogP contribution in [0.25, 0.3) is 60.9 Å². The maximum absolute atomic E-state index is 2.56. The van der Waals surface area contributed by atoms with Crippen molar-refractivity contribution >= 4 is 38.9 Å². The first-order valence-electron chi connectivity index (χ1n) is 19.8. The van der Waals surface area contributed by atoms with E-state index in [0.29, 0.717) is 0 Å². The molecule has 0 fully saturated rings. The summed E-state index contributed by atoms with van der Waals surface area (Å²) >= 11 is 0. The van der Waals surface area contributed by atoms with Crippen molar-refractivity contribution in [2.45, 2.75) is 38.5 Å². The number of aromatic nitrogens is 1. The van der Waals surface area contributed by atoms with Gasteiger partial charge in [0.25, 0.3) is 0 Å². The molecule has 0 saturated carbocycles. The summed E-state index contributed by atoms with van der Waals surface area (Å²) in [5, 5.41) is 2.52. The monoisotopic (exact) mass is 718 g/mol. The summed E-state index contributed by atoms with van der Waals surface area (Å²) < 4.78 is 2.43. The predicted octanol–water partition coefficient (Wildman–Crippen LogP) is 14.5. The van der Waals surface area contributed by atoms with Gasteiger partial charge in [-0.2, -0.15) is 0 Å². The first-order valence-corrected chi connectivity index (χ1v) is 19.8. The Morgan fingerprint density at radius 1 is 0.393 bits per heavy atom. The number of hydrogen-bond acceptors (Lipinski definition) is 1. The van der Waals surface area contributed by atoms with Gasteiger partial charge in [-0.25, -0.2) is 0 Å². The van der Waals surface area contributed by atoms with Gasteiger partial charge in [0, 0.05) is 38.5 Å². The Kier molecular flexibility index (Phi) is 6.98. The smallest absolute Gasteiger partial charge is 0.0619 e. The van der Waals surface area contributed by atoms with Crippen LogP contribution in [0.1, 0.15) is 49.9 Å². The Bertz CT molecular complexity index is 2910. The first-order chi connectivity index (χ1) is 27.3. The highest BCUT2D eigenvalue weighted by molar-refractivity contribution is 6.14. The lowest BCUT2D eigenvalue weighted by Gasteiger charge is -2.35. The van der Waals surface area contributed by atoms with Crippen molar-refractivity contribution < 1.29 is 0 Å². The van der Waals surface area contributed by atoms with Gasteiger partial charge in [-0.15, -0.1) is 0 Å². The highest BCUT2D eigenvalue weighted by Gasteiger charge is 2.42. The second-order valence-corrected chi connectivity index (χ2v) is 16.5. The molecule has 0 amide bonds. The molecule has 1 heterocycles. The van der Waals surface area contributed by atoms with E-state index in [4.69, 9.17) is 0 Å². The molecule has 9 aromatic rings. The molecular weight excluding hydrogens is 677 g/mol. The van der Waals surface area contributed by atoms with Crippen LogP contribution in [0.5, 0.6) is 0 Å². The molecular formula is C54H42N2. The molecule has 2 aliphatic rings. The summed E-state index contributed by atoms with van der Waals surface area (Å²) in [6.07, 6.45) is 0. The molecule has 0 bridgehead atoms. The van der Waals surface area contributed by atoms with E-state index in [0.717, 1.165) is 11.4 Å². The largest absolute Gasteiger partial charge is 0.310 e. The molecule has 0 atom stereocenters. The fraction of sp³-hybridized carbons (Fsp3) is 0.111. The number of rotatable bonds is 5. The Labute approximate surface area is 328 Å². The van der Waals surface area contributed by atoms with E-state index in [1.54, 1.807) is 0 Å². The van der Waals surface area contributed by atoms with E-state index in [1.165, 1.54) is 88.8 Å². The van der Waals surface area contributed by atoms with Crippen LogP contribution in [0.3, 0.4) is 0 Å². The van der Waals surface area contributed by atoms with E-state index < -0.39 is 0 Å². The first kappa shape index (κ1) is 32.8. The summed E-state index contributed by atoms with van der Waals surface area (Å²) in [7, 11) is 0. The molecule has 2 aliphatic carbocycles. The van der Waals surface area contributed by atoms with Crippen molar-refractivity contribution in [3.05, 3.63) is 204 Å². The van der Waals surface area contributed by atoms with Gasteiger partial charge in [-0.1, -0.05) is 167 Å². The molecule has 0 unspecified atom stereocenters. The number of anilines is 3. The molecule has 8 aromatic carbocycles. The van der Waals surface area contributed by atoms with E-state index >= 15 is 0 Å². The van der Waals surface area contributed by atoms with Crippen LogP contribution in [0.15, 0.2) is 182 Å². The van der Waals surface area contributed by atoms with Crippen LogP contribution in [0.4, 0.5) is 17.1 Å². The molecule has 56 heavy (non-hydrogen) atoms. The average molecular weight is 719 g/mol. The van der Waals surface area contributed by atoms with Crippen LogP contribution in [0.2, 0.25) is 0 Å². The van der Waals surface area contributed by atoms with E-state index in [1.807, 2.05) is 0 Å². The third-order valence-corrected chi connectivity index (χ3v) is 12.7. The van der Waals surface area contributed by atoms with Gasteiger partial charge in [0.05, 0.1) is 22.4 Å². The number of fused-ring (bicyclic) bond motifs is 9. The normalized spacial score (nSPS) is 14.4. The summed E-state index contributed by atoms with van der Waals surface area (Å²) in [4.78, 5) is 2.56. The lowest BCUT2D eigenvalue weighted by atomic mass is 9.80. The van der Waals surface area contributed by atoms with Gasteiger partial charge in [0.15, 0.2) is 0 Å². The molecule has 0 radical (unpaired) electrons. The van der Waals surface area contributed by atoms with Gasteiger partial charge >= 0.3 is 0 Å². The molecule has 268 valence electrons. The van der Waals surface area contributed by atoms with Crippen LogP contribution in [-0.4, -0.2) is 4.57 Å². The third-order valence-electron chi connectivity index (χ3n) is 12.7. The summed E-state index contributed by atoms with van der Waals surface area (Å²) in [6.45, 7) is 9.57. The van der Waals surface area contributed by atoms with E-state index in [-0.39, 0.29) is 10.8 Å². The Morgan fingerprint density at radius 2 is 0.875 bits per heavy atom. The van der Waals surface area contributed by atoms with Crippen molar-refractivity contribution in [1.29, 1.82) is 0 Å². The molecule has 11 rings (SSSR count). The zero-order valence-electron chi connectivity index (χ0n) is 32.2. The SMILES string of the molecule is CC1(C)c2ccccc2-c2cccc(N(c3ccc(-c4cccc5c6ccccc6n(-c6ccccc6)c45)cc3)c3cccc4c3C(C)(C)c3ccccc3-4)c21. The van der Waals surface area contributed by atoms with E-state index in [2.05, 4.69) is 219 Å². The van der Waals surface area contributed by atoms with Gasteiger partial charge in [-0.05, 0) is 92.5 Å². The zero-order valence-corrected chi connectivity index (χ0v) is 32.2. The Balaban J connectivity index is 1.14. The lowest BCUT2D eigenvalue weighted by Crippen LogP contribution is -2.23. The van der Waals surface area contributed by atoms with Crippen LogP contribution in [0, 0.1) is 0 Å². The zero-order chi connectivity index (χ0) is 37.8. The fourth-order valence-electron chi connectivity index (χ4n) is 10.3. The fourth-order valence-corrected chi connectivity index (χ4v) is 10.3. The standard InChI is InChI=1S/C54H42N2/c1-53(2)45-26-11-8-19-39(45)42-23-15-29-48(50(42)53)55(49-30-16-24-43-40-20-9-12-27-46(40)54(3,4)51(43)49)37-33-31-35(32-34-37)38-22-14-25-44-41-21-10-13-28-47(41)56(52(38)44)36-17-6-5-7-18-36/h5-34H,1-4H3. The lowest BCUT2D eigenvalue weighted by molar-refractivity contribution is 0.656. The highest BCUT2D eigenvalue weighted by atomic mass is 15.2. The van der Waals surface area contributed by atoms with Crippen LogP contribution >= 0.6 is 0 Å². The molecule has 2 heteroatoms. The summed E-state index contributed by atoms with van der Waals surface area (Å²) in [5.74, 6) is 0. The predicted molar refractivity (Wildman–Crippen MR) is 236 cm³/mol. The van der Waals surface area contributed by atoms with Crippen molar-refractivity contribution in [2.24, 2.45) is 0 Å². The van der Waals surface area contributed by atoms with E-state index in [9.17, 15) is 0 Å². The summed E-state index contributed by atoms with van der Waals surface area (Å²) in [5.41, 5.74) is 20.0. The van der Waals surface area contributed by atoms with Gasteiger partial charge < -0.3 is 9.47 Å². The molecule has 2 nitrogen and oxygen atoms in total.